The zero-order valence-corrected chi connectivity index (χ0v) is 12.9. The fourth-order valence-corrected chi connectivity index (χ4v) is 2.55. The van der Waals surface area contributed by atoms with Crippen LogP contribution in [0.4, 0.5) is 5.69 Å². The number of carbonyl (C=O) groups excluding carboxylic acids is 1. The van der Waals surface area contributed by atoms with Crippen LogP contribution in [0.2, 0.25) is 0 Å². The Morgan fingerprint density at radius 1 is 1.14 bits per heavy atom. The van der Waals surface area contributed by atoms with E-state index >= 15 is 0 Å². The lowest BCUT2D eigenvalue weighted by Gasteiger charge is -2.17. The molecular weight excluding hydrogens is 272 g/mol. The Labute approximate surface area is 124 Å². The third-order valence-electron chi connectivity index (χ3n) is 3.79. The molecular formula is C15H22N2O4. The van der Waals surface area contributed by atoms with Gasteiger partial charge in [0.05, 0.1) is 27.2 Å². The van der Waals surface area contributed by atoms with Crippen molar-refractivity contribution in [2.45, 2.75) is 6.92 Å². The predicted molar refractivity (Wildman–Crippen MR) is 80.3 cm³/mol. The van der Waals surface area contributed by atoms with Gasteiger partial charge >= 0.3 is 0 Å². The molecule has 2 rings (SSSR count). The smallest absolute Gasteiger partial charge is 0.229 e. The van der Waals surface area contributed by atoms with Gasteiger partial charge in [-0.1, -0.05) is 6.92 Å². The van der Waals surface area contributed by atoms with Gasteiger partial charge in [-0.05, 0) is 12.5 Å². The summed E-state index contributed by atoms with van der Waals surface area (Å²) in [6.45, 7) is 3.64. The molecule has 1 aromatic carbocycles. The largest absolute Gasteiger partial charge is 0.493 e. The molecule has 116 valence electrons. The number of nitrogens with one attached hydrogen (secondary N) is 2. The van der Waals surface area contributed by atoms with Crippen molar-refractivity contribution in [1.82, 2.24) is 5.32 Å². The first-order valence-electron chi connectivity index (χ1n) is 6.92. The van der Waals surface area contributed by atoms with Crippen LogP contribution in [0.15, 0.2) is 12.1 Å². The van der Waals surface area contributed by atoms with Crippen LogP contribution < -0.4 is 24.8 Å². The van der Waals surface area contributed by atoms with Gasteiger partial charge < -0.3 is 24.8 Å². The van der Waals surface area contributed by atoms with E-state index in [0.717, 1.165) is 6.54 Å². The SMILES string of the molecule is COc1cc(NC(=O)C2CNCC2C)cc(OC)c1OC. The van der Waals surface area contributed by atoms with Crippen molar-refractivity contribution in [2.75, 3.05) is 39.7 Å². The second-order valence-electron chi connectivity index (χ2n) is 5.15. The summed E-state index contributed by atoms with van der Waals surface area (Å²) in [5.74, 6) is 1.85. The fraction of sp³-hybridized carbons (Fsp3) is 0.533. The second kappa shape index (κ2) is 6.67. The predicted octanol–water partition coefficient (Wildman–Crippen LogP) is 1.51. The molecule has 0 aromatic heterocycles. The lowest BCUT2D eigenvalue weighted by Crippen LogP contribution is -2.27. The van der Waals surface area contributed by atoms with Gasteiger partial charge in [-0.2, -0.15) is 0 Å². The summed E-state index contributed by atoms with van der Waals surface area (Å²) >= 11 is 0. The van der Waals surface area contributed by atoms with E-state index in [2.05, 4.69) is 17.6 Å². The molecule has 0 radical (unpaired) electrons. The quantitative estimate of drug-likeness (QED) is 0.861. The highest BCUT2D eigenvalue weighted by Gasteiger charge is 2.29. The average Bonchev–Trinajstić information content (AvgIpc) is 2.92. The third kappa shape index (κ3) is 3.21. The van der Waals surface area contributed by atoms with Crippen molar-refractivity contribution in [2.24, 2.45) is 11.8 Å². The molecule has 1 amide bonds. The number of amides is 1. The van der Waals surface area contributed by atoms with Crippen molar-refractivity contribution in [1.29, 1.82) is 0 Å². The first-order valence-corrected chi connectivity index (χ1v) is 6.92. The van der Waals surface area contributed by atoms with E-state index in [1.807, 2.05) is 0 Å². The molecule has 1 fully saturated rings. The number of benzene rings is 1. The van der Waals surface area contributed by atoms with Crippen LogP contribution >= 0.6 is 0 Å². The number of anilines is 1. The second-order valence-corrected chi connectivity index (χ2v) is 5.15. The minimum atomic E-state index is -0.0240. The van der Waals surface area contributed by atoms with Gasteiger partial charge in [0.15, 0.2) is 11.5 Å². The summed E-state index contributed by atoms with van der Waals surface area (Å²) in [5.41, 5.74) is 0.633. The van der Waals surface area contributed by atoms with Crippen LogP contribution in [0.1, 0.15) is 6.92 Å². The lowest BCUT2D eigenvalue weighted by molar-refractivity contribution is -0.120. The van der Waals surface area contributed by atoms with Crippen LogP contribution in [0.5, 0.6) is 17.2 Å². The third-order valence-corrected chi connectivity index (χ3v) is 3.79. The van der Waals surface area contributed by atoms with Crippen molar-refractivity contribution in [3.8, 4) is 17.2 Å². The summed E-state index contributed by atoms with van der Waals surface area (Å²) in [6.07, 6.45) is 0. The van der Waals surface area contributed by atoms with Crippen molar-refractivity contribution in [3.05, 3.63) is 12.1 Å². The van der Waals surface area contributed by atoms with Gasteiger partial charge in [0.2, 0.25) is 11.7 Å². The van der Waals surface area contributed by atoms with Gasteiger partial charge in [0.1, 0.15) is 0 Å². The van der Waals surface area contributed by atoms with Crippen LogP contribution in [-0.2, 0) is 4.79 Å². The van der Waals surface area contributed by atoms with Crippen LogP contribution in [0.25, 0.3) is 0 Å². The Hall–Kier alpha value is -1.95. The summed E-state index contributed by atoms with van der Waals surface area (Å²) in [4.78, 5) is 12.3. The van der Waals surface area contributed by atoms with E-state index < -0.39 is 0 Å². The maximum absolute atomic E-state index is 12.3. The zero-order valence-electron chi connectivity index (χ0n) is 12.9. The normalized spacial score (nSPS) is 21.0. The summed E-state index contributed by atoms with van der Waals surface area (Å²) in [6, 6.07) is 3.46. The molecule has 0 bridgehead atoms. The molecule has 1 aliphatic heterocycles. The maximum atomic E-state index is 12.3. The molecule has 1 heterocycles. The van der Waals surface area contributed by atoms with Gasteiger partial charge in [-0.3, -0.25) is 4.79 Å². The standard InChI is InChI=1S/C15H22N2O4/c1-9-7-16-8-11(9)15(18)17-10-5-12(19-2)14(21-4)13(6-10)20-3/h5-6,9,11,16H,7-8H2,1-4H3,(H,17,18). The van der Waals surface area contributed by atoms with Crippen molar-refractivity contribution >= 4 is 11.6 Å². The number of hydrogen-bond acceptors (Lipinski definition) is 5. The van der Waals surface area contributed by atoms with Crippen LogP contribution in [-0.4, -0.2) is 40.3 Å². The van der Waals surface area contributed by atoms with Gasteiger partial charge in [-0.15, -0.1) is 0 Å². The van der Waals surface area contributed by atoms with E-state index in [1.165, 1.54) is 0 Å². The Morgan fingerprint density at radius 2 is 1.76 bits per heavy atom. The number of rotatable bonds is 5. The first-order chi connectivity index (χ1) is 10.1. The molecule has 1 aliphatic rings. The molecule has 0 spiro atoms. The average molecular weight is 294 g/mol. The molecule has 6 nitrogen and oxygen atoms in total. The van der Waals surface area contributed by atoms with E-state index in [4.69, 9.17) is 14.2 Å². The molecule has 21 heavy (non-hydrogen) atoms. The molecule has 0 saturated carbocycles. The minimum absolute atomic E-state index is 0.00164. The zero-order chi connectivity index (χ0) is 15.4. The highest BCUT2D eigenvalue weighted by Crippen LogP contribution is 2.40. The van der Waals surface area contributed by atoms with Crippen LogP contribution in [0, 0.1) is 11.8 Å². The van der Waals surface area contributed by atoms with E-state index in [9.17, 15) is 4.79 Å². The summed E-state index contributed by atoms with van der Waals surface area (Å²) in [5, 5.41) is 6.14. The Bertz CT molecular complexity index is 493. The van der Waals surface area contributed by atoms with Gasteiger partial charge in [-0.25, -0.2) is 0 Å². The van der Waals surface area contributed by atoms with Gasteiger partial charge in [0.25, 0.3) is 0 Å². The highest BCUT2D eigenvalue weighted by molar-refractivity contribution is 5.93. The lowest BCUT2D eigenvalue weighted by atomic mass is 9.97. The number of ether oxygens (including phenoxy) is 3. The number of hydrogen-bond donors (Lipinski definition) is 2. The number of methoxy groups -OCH3 is 3. The topological polar surface area (TPSA) is 68.8 Å². The maximum Gasteiger partial charge on any atom is 0.229 e. The highest BCUT2D eigenvalue weighted by atomic mass is 16.5. The Kier molecular flexibility index (Phi) is 4.90. The molecule has 2 N–H and O–H groups in total. The molecule has 2 unspecified atom stereocenters. The van der Waals surface area contributed by atoms with E-state index in [0.29, 0.717) is 35.4 Å². The Morgan fingerprint density at radius 3 is 2.19 bits per heavy atom. The molecule has 6 heteroatoms. The van der Waals surface area contributed by atoms with Gasteiger partial charge in [0, 0.05) is 24.4 Å². The molecule has 2 atom stereocenters. The fourth-order valence-electron chi connectivity index (χ4n) is 2.55. The Balaban J connectivity index is 2.21. The number of carbonyl (C=O) groups is 1. The first kappa shape index (κ1) is 15.4. The molecule has 1 aromatic rings. The van der Waals surface area contributed by atoms with E-state index in [-0.39, 0.29) is 11.8 Å². The minimum Gasteiger partial charge on any atom is -0.493 e. The van der Waals surface area contributed by atoms with E-state index in [1.54, 1.807) is 33.5 Å². The molecule has 0 aliphatic carbocycles. The molecule has 1 saturated heterocycles. The van der Waals surface area contributed by atoms with Crippen LogP contribution in [0.3, 0.4) is 0 Å². The summed E-state index contributed by atoms with van der Waals surface area (Å²) in [7, 11) is 4.64. The summed E-state index contributed by atoms with van der Waals surface area (Å²) < 4.78 is 15.8. The monoisotopic (exact) mass is 294 g/mol. The van der Waals surface area contributed by atoms with Crippen molar-refractivity contribution < 1.29 is 19.0 Å². The van der Waals surface area contributed by atoms with Crippen molar-refractivity contribution in [3.63, 3.8) is 0 Å².